The fraction of sp³-hybridized carbons (Fsp3) is 0.222. The summed E-state index contributed by atoms with van der Waals surface area (Å²) in [5, 5.41) is 0. The van der Waals surface area contributed by atoms with Gasteiger partial charge in [-0.3, -0.25) is 15.5 Å². The van der Waals surface area contributed by atoms with Gasteiger partial charge < -0.3 is 15.2 Å². The fourth-order valence-electron chi connectivity index (χ4n) is 2.19. The lowest BCUT2D eigenvalue weighted by Crippen LogP contribution is -2.79. The lowest BCUT2D eigenvalue weighted by molar-refractivity contribution is -0.345. The number of aromatic nitrogens is 1. The second kappa shape index (κ2) is 8.61. The maximum atomic E-state index is 12.5. The lowest BCUT2D eigenvalue weighted by atomic mass is 10.1. The first-order chi connectivity index (χ1) is 12.5. The minimum absolute atomic E-state index is 0.0550. The molecule has 0 bridgehead atoms. The van der Waals surface area contributed by atoms with E-state index < -0.39 is 11.8 Å². The molecule has 0 spiro atoms. The van der Waals surface area contributed by atoms with Crippen LogP contribution in [0.15, 0.2) is 36.5 Å². The van der Waals surface area contributed by atoms with E-state index in [1.54, 1.807) is 24.3 Å². The molecule has 0 saturated heterocycles. The van der Waals surface area contributed by atoms with E-state index in [0.29, 0.717) is 35.8 Å². The molecule has 8 nitrogen and oxygen atoms in total. The first-order valence-electron chi connectivity index (χ1n) is 8.05. The number of benzene rings is 1. The van der Waals surface area contributed by atoms with E-state index in [0.717, 1.165) is 0 Å². The van der Waals surface area contributed by atoms with Crippen molar-refractivity contribution in [2.45, 2.75) is 13.8 Å². The molecular weight excluding hydrogens is 336 g/mol. The number of amidine groups is 1. The minimum Gasteiger partial charge on any atom is -0.490 e. The third-order valence-electron chi connectivity index (χ3n) is 3.38. The standard InChI is InChI=1S/C18H20N4O4/c1-3-25-14-6-5-12(10-15(14)26-4-2)18(24)22-16(19)11-7-8-21-13(9-11)17(20)23/h5-10H,3-4H2,1-2H3,(H2,20,23)(H2,19,22,24)/p+1. The molecule has 1 heterocycles. The Morgan fingerprint density at radius 1 is 1.00 bits per heavy atom. The van der Waals surface area contributed by atoms with Crippen LogP contribution in [0.5, 0.6) is 11.5 Å². The summed E-state index contributed by atoms with van der Waals surface area (Å²) < 4.78 is 11.0. The topological polar surface area (TPSA) is 132 Å². The van der Waals surface area contributed by atoms with Gasteiger partial charge in [0.2, 0.25) is 0 Å². The Hall–Kier alpha value is -3.42. The van der Waals surface area contributed by atoms with Crippen molar-refractivity contribution in [1.29, 1.82) is 0 Å². The van der Waals surface area contributed by atoms with Gasteiger partial charge in [-0.1, -0.05) is 0 Å². The van der Waals surface area contributed by atoms with Crippen LogP contribution in [-0.4, -0.2) is 35.8 Å². The lowest BCUT2D eigenvalue weighted by Gasteiger charge is -2.11. The van der Waals surface area contributed by atoms with Crippen LogP contribution >= 0.6 is 0 Å². The fourth-order valence-corrected chi connectivity index (χ4v) is 2.19. The molecule has 2 aromatic rings. The molecule has 136 valence electrons. The maximum absolute atomic E-state index is 12.5. The van der Waals surface area contributed by atoms with Crippen molar-refractivity contribution >= 4 is 17.6 Å². The predicted octanol–water partition coefficient (Wildman–Crippen LogP) is -0.396. The normalized spacial score (nSPS) is 11.1. The van der Waals surface area contributed by atoms with Gasteiger partial charge in [0.25, 0.3) is 11.7 Å². The number of hydrogen-bond donors (Lipinski definition) is 3. The van der Waals surface area contributed by atoms with Crippen molar-refractivity contribution in [2.75, 3.05) is 13.2 Å². The van der Waals surface area contributed by atoms with E-state index in [1.165, 1.54) is 12.3 Å². The molecule has 2 rings (SSSR count). The highest BCUT2D eigenvalue weighted by Crippen LogP contribution is 2.28. The summed E-state index contributed by atoms with van der Waals surface area (Å²) in [4.78, 5) is 30.1. The zero-order chi connectivity index (χ0) is 19.1. The van der Waals surface area contributed by atoms with Crippen LogP contribution in [0.25, 0.3) is 0 Å². The number of nitrogens with two attached hydrogens (primary N) is 2. The minimum atomic E-state index is -0.682. The number of amides is 2. The van der Waals surface area contributed by atoms with E-state index in [9.17, 15) is 9.59 Å². The van der Waals surface area contributed by atoms with Crippen LogP contribution in [0.4, 0.5) is 0 Å². The number of carbonyl (C=O) groups is 2. The monoisotopic (exact) mass is 357 g/mol. The number of nitrogens with zero attached hydrogens (tertiary/aromatic N) is 1. The number of nitrogen functional groups attached to an aromatic ring is 1. The van der Waals surface area contributed by atoms with Crippen LogP contribution in [-0.2, 0) is 0 Å². The van der Waals surface area contributed by atoms with E-state index in [2.05, 4.69) is 9.98 Å². The van der Waals surface area contributed by atoms with Crippen LogP contribution in [0.1, 0.15) is 40.3 Å². The van der Waals surface area contributed by atoms with Gasteiger partial charge in [0, 0.05) is 6.20 Å². The van der Waals surface area contributed by atoms with E-state index >= 15 is 0 Å². The maximum Gasteiger partial charge on any atom is 0.339 e. The number of ether oxygens (including phenoxy) is 2. The Balaban J connectivity index is 2.30. The third-order valence-corrected chi connectivity index (χ3v) is 3.38. The van der Waals surface area contributed by atoms with Crippen molar-refractivity contribution in [3.63, 3.8) is 0 Å². The third kappa shape index (κ3) is 4.56. The molecule has 0 aliphatic rings. The quantitative estimate of drug-likeness (QED) is 0.456. The van der Waals surface area contributed by atoms with Gasteiger partial charge in [-0.15, -0.1) is 0 Å². The molecule has 2 amide bonds. The molecule has 1 aromatic heterocycles. The highest BCUT2D eigenvalue weighted by molar-refractivity contribution is 6.00. The zero-order valence-corrected chi connectivity index (χ0v) is 14.6. The van der Waals surface area contributed by atoms with Crippen molar-refractivity contribution < 1.29 is 24.1 Å². The molecule has 0 unspecified atom stereocenters. The molecule has 26 heavy (non-hydrogen) atoms. The van der Waals surface area contributed by atoms with Crippen LogP contribution < -0.4 is 25.9 Å². The number of carbonyl (C=O) groups excluding carboxylic acids is 2. The Morgan fingerprint density at radius 3 is 2.35 bits per heavy atom. The summed E-state index contributed by atoms with van der Waals surface area (Å²) in [5.74, 6) is -0.00175. The molecule has 5 N–H and O–H groups in total. The van der Waals surface area contributed by atoms with Gasteiger partial charge in [-0.05, 0) is 44.2 Å². The summed E-state index contributed by atoms with van der Waals surface area (Å²) >= 11 is 0. The summed E-state index contributed by atoms with van der Waals surface area (Å²) in [6.07, 6.45) is 1.39. The summed E-state index contributed by atoms with van der Waals surface area (Å²) in [6.45, 7) is 4.62. The van der Waals surface area contributed by atoms with Crippen LogP contribution in [0.2, 0.25) is 0 Å². The first kappa shape index (κ1) is 18.9. The molecule has 8 heteroatoms. The molecule has 0 fully saturated rings. The van der Waals surface area contributed by atoms with Gasteiger partial charge in [0.15, 0.2) is 11.5 Å². The van der Waals surface area contributed by atoms with Gasteiger partial charge in [0.05, 0.1) is 24.3 Å². The zero-order valence-electron chi connectivity index (χ0n) is 14.6. The molecule has 1 aromatic carbocycles. The largest absolute Gasteiger partial charge is 0.490 e. The molecule has 0 saturated carbocycles. The van der Waals surface area contributed by atoms with Gasteiger partial charge in [-0.2, -0.15) is 0 Å². The highest BCUT2D eigenvalue weighted by Gasteiger charge is 2.15. The Bertz CT molecular complexity index is 849. The van der Waals surface area contributed by atoms with Crippen LogP contribution in [0, 0.1) is 0 Å². The van der Waals surface area contributed by atoms with Gasteiger partial charge in [0.1, 0.15) is 5.69 Å². The summed E-state index contributed by atoms with van der Waals surface area (Å²) in [5.41, 5.74) is 12.0. The molecule has 0 atom stereocenters. The summed E-state index contributed by atoms with van der Waals surface area (Å²) in [7, 11) is 0. The van der Waals surface area contributed by atoms with Crippen molar-refractivity contribution in [2.24, 2.45) is 11.5 Å². The Labute approximate surface area is 150 Å². The number of rotatable bonds is 7. The second-order valence-electron chi connectivity index (χ2n) is 5.19. The number of hydrogen-bond acceptors (Lipinski definition) is 5. The molecule has 0 aliphatic carbocycles. The van der Waals surface area contributed by atoms with Gasteiger partial charge in [-0.25, -0.2) is 9.79 Å². The van der Waals surface area contributed by atoms with Crippen molar-refractivity contribution in [3.8, 4) is 11.5 Å². The molecule has 0 aliphatic heterocycles. The molecule has 0 radical (unpaired) electrons. The molecular formula is C18H21N4O4+. The first-order valence-corrected chi connectivity index (χ1v) is 8.05. The second-order valence-corrected chi connectivity index (χ2v) is 5.19. The van der Waals surface area contributed by atoms with E-state index in [-0.39, 0.29) is 11.5 Å². The smallest absolute Gasteiger partial charge is 0.339 e. The Kier molecular flexibility index (Phi) is 6.26. The average Bonchev–Trinajstić information content (AvgIpc) is 2.63. The highest BCUT2D eigenvalue weighted by atomic mass is 16.5. The number of primary amides is 1. The average molecular weight is 357 g/mol. The predicted molar refractivity (Wildman–Crippen MR) is 95.1 cm³/mol. The van der Waals surface area contributed by atoms with Gasteiger partial charge >= 0.3 is 5.91 Å². The van der Waals surface area contributed by atoms with Crippen molar-refractivity contribution in [3.05, 3.63) is 53.3 Å². The number of nitrogens with one attached hydrogen (secondary N) is 1. The number of pyridine rings is 1. The van der Waals surface area contributed by atoms with Crippen molar-refractivity contribution in [1.82, 2.24) is 4.98 Å². The Morgan fingerprint density at radius 2 is 1.69 bits per heavy atom. The SMILES string of the molecule is CCOc1ccc(C(=O)[NH+]=C(N)c2ccnc(C(N)=O)c2)cc1OCC. The van der Waals surface area contributed by atoms with Crippen LogP contribution in [0.3, 0.4) is 0 Å². The summed E-state index contributed by atoms with van der Waals surface area (Å²) in [6, 6.07) is 7.82. The van der Waals surface area contributed by atoms with E-state index in [1.807, 2.05) is 13.8 Å². The van der Waals surface area contributed by atoms with E-state index in [4.69, 9.17) is 20.9 Å².